The predicted octanol–water partition coefficient (Wildman–Crippen LogP) is 2.94. The lowest BCUT2D eigenvalue weighted by Gasteiger charge is -2.21. The van der Waals surface area contributed by atoms with Gasteiger partial charge in [0.05, 0.1) is 5.69 Å². The maximum atomic E-state index is 12.5. The summed E-state index contributed by atoms with van der Waals surface area (Å²) >= 11 is 0. The molecule has 1 heterocycles. The third kappa shape index (κ3) is 5.62. The van der Waals surface area contributed by atoms with E-state index in [2.05, 4.69) is 58.9 Å². The molecule has 120 valence electrons. The first-order valence-electron chi connectivity index (χ1n) is 7.93. The third-order valence-corrected chi connectivity index (χ3v) is 3.22. The molecule has 1 rings (SSSR count). The molecule has 0 unspecified atom stereocenters. The van der Waals surface area contributed by atoms with E-state index in [1.165, 1.54) is 0 Å². The molecule has 0 fully saturated rings. The van der Waals surface area contributed by atoms with E-state index >= 15 is 0 Å². The molecule has 0 spiro atoms. The van der Waals surface area contributed by atoms with E-state index in [0.717, 1.165) is 17.8 Å². The summed E-state index contributed by atoms with van der Waals surface area (Å²) in [4.78, 5) is 12.5. The first kappa shape index (κ1) is 17.9. The van der Waals surface area contributed by atoms with E-state index in [0.29, 0.717) is 24.9 Å². The number of hydrogen-bond donors (Lipinski definition) is 1. The molecular formula is C17H31N3O. The molecule has 0 amide bonds. The Morgan fingerprint density at radius 1 is 1.19 bits per heavy atom. The Labute approximate surface area is 129 Å². The maximum Gasteiger partial charge on any atom is 0.271 e. The fourth-order valence-corrected chi connectivity index (χ4v) is 2.06. The van der Waals surface area contributed by atoms with Crippen LogP contribution in [0.5, 0.6) is 0 Å². The average molecular weight is 293 g/mol. The van der Waals surface area contributed by atoms with E-state index in [9.17, 15) is 4.79 Å². The Bertz CT molecular complexity index is 510. The van der Waals surface area contributed by atoms with Crippen LogP contribution >= 0.6 is 0 Å². The van der Waals surface area contributed by atoms with Crippen molar-refractivity contribution in [1.29, 1.82) is 0 Å². The number of nitrogens with zero attached hydrogens (tertiary/aromatic N) is 2. The van der Waals surface area contributed by atoms with Crippen LogP contribution in [0.15, 0.2) is 10.9 Å². The van der Waals surface area contributed by atoms with Gasteiger partial charge in [0.15, 0.2) is 0 Å². The summed E-state index contributed by atoms with van der Waals surface area (Å²) in [6, 6.07) is 1.96. The molecule has 0 aromatic carbocycles. The minimum absolute atomic E-state index is 0.0351. The molecule has 0 aliphatic carbocycles. The van der Waals surface area contributed by atoms with Crippen LogP contribution in [0.25, 0.3) is 0 Å². The lowest BCUT2D eigenvalue weighted by molar-refractivity contribution is 0.433. The first-order chi connectivity index (χ1) is 9.61. The van der Waals surface area contributed by atoms with E-state index in [1.807, 2.05) is 6.07 Å². The predicted molar refractivity (Wildman–Crippen MR) is 88.6 cm³/mol. The zero-order chi connectivity index (χ0) is 16.2. The molecule has 0 saturated carbocycles. The van der Waals surface area contributed by atoms with Crippen molar-refractivity contribution in [2.75, 3.05) is 6.54 Å². The highest BCUT2D eigenvalue weighted by Gasteiger charge is 2.19. The fourth-order valence-electron chi connectivity index (χ4n) is 2.06. The summed E-state index contributed by atoms with van der Waals surface area (Å²) in [6.07, 6.45) is 0. The maximum absolute atomic E-state index is 12.5. The molecule has 1 N–H and O–H groups in total. The zero-order valence-electron chi connectivity index (χ0n) is 14.7. The van der Waals surface area contributed by atoms with Crippen LogP contribution in [0, 0.1) is 11.8 Å². The number of hydrogen-bond acceptors (Lipinski definition) is 3. The van der Waals surface area contributed by atoms with E-state index in [1.54, 1.807) is 4.68 Å². The van der Waals surface area contributed by atoms with Crippen molar-refractivity contribution in [2.24, 2.45) is 11.8 Å². The topological polar surface area (TPSA) is 46.9 Å². The second-order valence-corrected chi connectivity index (χ2v) is 7.71. The zero-order valence-corrected chi connectivity index (χ0v) is 14.7. The Hall–Kier alpha value is -1.16. The SMILES string of the molecule is CC(C)CNCc1cc(C(C)(C)C)nn(CC(C)C)c1=O. The highest BCUT2D eigenvalue weighted by Crippen LogP contribution is 2.19. The smallest absolute Gasteiger partial charge is 0.271 e. The molecule has 4 nitrogen and oxygen atoms in total. The molecule has 0 atom stereocenters. The quantitative estimate of drug-likeness (QED) is 0.877. The molecule has 21 heavy (non-hydrogen) atoms. The van der Waals surface area contributed by atoms with Crippen molar-refractivity contribution in [1.82, 2.24) is 15.1 Å². The molecule has 1 aromatic heterocycles. The molecule has 0 saturated heterocycles. The third-order valence-electron chi connectivity index (χ3n) is 3.22. The number of rotatable bonds is 6. The van der Waals surface area contributed by atoms with Gasteiger partial charge in [-0.05, 0) is 24.4 Å². The van der Waals surface area contributed by atoms with Gasteiger partial charge in [0, 0.05) is 24.1 Å². The first-order valence-corrected chi connectivity index (χ1v) is 7.93. The number of aromatic nitrogens is 2. The van der Waals surface area contributed by atoms with Gasteiger partial charge >= 0.3 is 0 Å². The second-order valence-electron chi connectivity index (χ2n) is 7.71. The highest BCUT2D eigenvalue weighted by atomic mass is 16.1. The fraction of sp³-hybridized carbons (Fsp3) is 0.765. The van der Waals surface area contributed by atoms with Crippen LogP contribution in [0.1, 0.15) is 59.7 Å². The minimum Gasteiger partial charge on any atom is -0.312 e. The Balaban J connectivity index is 3.12. The van der Waals surface area contributed by atoms with Gasteiger partial charge in [-0.3, -0.25) is 4.79 Å². The summed E-state index contributed by atoms with van der Waals surface area (Å²) in [7, 11) is 0. The largest absolute Gasteiger partial charge is 0.312 e. The summed E-state index contributed by atoms with van der Waals surface area (Å²) in [5.41, 5.74) is 1.77. The van der Waals surface area contributed by atoms with Crippen molar-refractivity contribution >= 4 is 0 Å². The van der Waals surface area contributed by atoms with Crippen LogP contribution < -0.4 is 10.9 Å². The van der Waals surface area contributed by atoms with Crippen LogP contribution in [-0.2, 0) is 18.5 Å². The lowest BCUT2D eigenvalue weighted by atomic mass is 9.91. The van der Waals surface area contributed by atoms with Gasteiger partial charge in [-0.15, -0.1) is 0 Å². The Morgan fingerprint density at radius 3 is 2.29 bits per heavy atom. The van der Waals surface area contributed by atoms with Crippen LogP contribution in [0.4, 0.5) is 0 Å². The monoisotopic (exact) mass is 293 g/mol. The second kappa shape index (κ2) is 7.21. The average Bonchev–Trinajstić information content (AvgIpc) is 2.31. The van der Waals surface area contributed by atoms with Gasteiger partial charge in [0.25, 0.3) is 5.56 Å². The van der Waals surface area contributed by atoms with Crippen LogP contribution in [0.2, 0.25) is 0 Å². The minimum atomic E-state index is -0.0563. The Morgan fingerprint density at radius 2 is 1.81 bits per heavy atom. The van der Waals surface area contributed by atoms with Gasteiger partial charge in [-0.1, -0.05) is 48.5 Å². The molecule has 0 aliphatic heterocycles. The van der Waals surface area contributed by atoms with Crippen molar-refractivity contribution in [3.05, 3.63) is 27.7 Å². The van der Waals surface area contributed by atoms with Crippen molar-refractivity contribution in [3.63, 3.8) is 0 Å². The normalized spacial score (nSPS) is 12.4. The standard InChI is InChI=1S/C17H31N3O/c1-12(2)9-18-10-14-8-15(17(5,6)7)19-20(16(14)21)11-13(3)4/h8,12-13,18H,9-11H2,1-7H3. The van der Waals surface area contributed by atoms with Crippen molar-refractivity contribution < 1.29 is 0 Å². The van der Waals surface area contributed by atoms with Crippen LogP contribution in [-0.4, -0.2) is 16.3 Å². The van der Waals surface area contributed by atoms with Crippen molar-refractivity contribution in [3.8, 4) is 0 Å². The lowest BCUT2D eigenvalue weighted by Crippen LogP contribution is -2.34. The molecule has 4 heteroatoms. The van der Waals surface area contributed by atoms with Gasteiger partial charge in [-0.25, -0.2) is 4.68 Å². The van der Waals surface area contributed by atoms with Crippen molar-refractivity contribution in [2.45, 2.75) is 67.0 Å². The van der Waals surface area contributed by atoms with Gasteiger partial charge in [0.2, 0.25) is 0 Å². The van der Waals surface area contributed by atoms with E-state index in [4.69, 9.17) is 0 Å². The molecule has 0 radical (unpaired) electrons. The van der Waals surface area contributed by atoms with E-state index < -0.39 is 0 Å². The van der Waals surface area contributed by atoms with Gasteiger partial charge in [0.1, 0.15) is 0 Å². The summed E-state index contributed by atoms with van der Waals surface area (Å²) in [6.45, 7) is 17.1. The summed E-state index contributed by atoms with van der Waals surface area (Å²) in [5, 5.41) is 7.92. The van der Waals surface area contributed by atoms with Crippen LogP contribution in [0.3, 0.4) is 0 Å². The number of nitrogens with one attached hydrogen (secondary N) is 1. The van der Waals surface area contributed by atoms with Gasteiger partial charge in [-0.2, -0.15) is 5.10 Å². The molecule has 0 aliphatic rings. The highest BCUT2D eigenvalue weighted by molar-refractivity contribution is 5.19. The molecule has 1 aromatic rings. The Kier molecular flexibility index (Phi) is 6.14. The summed E-state index contributed by atoms with van der Waals surface area (Å²) < 4.78 is 1.64. The molecular weight excluding hydrogens is 262 g/mol. The van der Waals surface area contributed by atoms with E-state index in [-0.39, 0.29) is 11.0 Å². The summed E-state index contributed by atoms with van der Waals surface area (Å²) in [5.74, 6) is 0.980. The van der Waals surface area contributed by atoms with Gasteiger partial charge < -0.3 is 5.32 Å². The molecule has 0 bridgehead atoms.